The molecule has 78 valence electrons. The van der Waals surface area contributed by atoms with E-state index < -0.39 is 0 Å². The lowest BCUT2D eigenvalue weighted by Gasteiger charge is -2.15. The van der Waals surface area contributed by atoms with Crippen molar-refractivity contribution in [1.82, 2.24) is 0 Å². The summed E-state index contributed by atoms with van der Waals surface area (Å²) in [5.74, 6) is 0.00396. The van der Waals surface area contributed by atoms with Gasteiger partial charge in [0.2, 0.25) is 5.96 Å². The molecule has 1 aromatic rings. The van der Waals surface area contributed by atoms with E-state index in [9.17, 15) is 4.79 Å². The highest BCUT2D eigenvalue weighted by Crippen LogP contribution is 2.28. The van der Waals surface area contributed by atoms with Crippen LogP contribution in [0.3, 0.4) is 0 Å². The standard InChI is InChI=1S/C9H7Cl2N3O/c10-6-2-1-5(3-7(6)11)14-8(15)4-13-9(14)12/h1-3H,4H2,(H2,12,13). The monoisotopic (exact) mass is 243 g/mol. The molecule has 1 aliphatic heterocycles. The Morgan fingerprint density at radius 2 is 2.07 bits per heavy atom. The molecule has 6 heteroatoms. The molecule has 0 saturated heterocycles. The number of carbonyl (C=O) groups excluding carboxylic acids is 1. The first kappa shape index (κ1) is 10.3. The van der Waals surface area contributed by atoms with Crippen LogP contribution in [-0.4, -0.2) is 18.4 Å². The number of rotatable bonds is 1. The maximum absolute atomic E-state index is 11.4. The molecule has 1 aromatic carbocycles. The Morgan fingerprint density at radius 1 is 1.33 bits per heavy atom. The topological polar surface area (TPSA) is 58.7 Å². The quantitative estimate of drug-likeness (QED) is 0.816. The van der Waals surface area contributed by atoms with Crippen molar-refractivity contribution < 1.29 is 4.79 Å². The SMILES string of the molecule is NC1=NCC(=O)N1c1ccc(Cl)c(Cl)c1. The lowest BCUT2D eigenvalue weighted by Crippen LogP contribution is -2.37. The highest BCUT2D eigenvalue weighted by Gasteiger charge is 2.24. The zero-order chi connectivity index (χ0) is 11.0. The van der Waals surface area contributed by atoms with E-state index in [4.69, 9.17) is 28.9 Å². The van der Waals surface area contributed by atoms with Crippen LogP contribution in [0, 0.1) is 0 Å². The van der Waals surface area contributed by atoms with Gasteiger partial charge in [-0.25, -0.2) is 9.89 Å². The zero-order valence-electron chi connectivity index (χ0n) is 7.58. The van der Waals surface area contributed by atoms with Crippen LogP contribution < -0.4 is 10.6 Å². The Bertz CT molecular complexity index is 459. The number of hydrogen-bond acceptors (Lipinski definition) is 3. The van der Waals surface area contributed by atoms with E-state index in [2.05, 4.69) is 4.99 Å². The van der Waals surface area contributed by atoms with Crippen LogP contribution in [-0.2, 0) is 4.79 Å². The lowest BCUT2D eigenvalue weighted by molar-refractivity contribution is -0.115. The average Bonchev–Trinajstić information content (AvgIpc) is 2.52. The molecule has 1 amide bonds. The Balaban J connectivity index is 2.41. The number of carbonyl (C=O) groups is 1. The molecule has 4 nitrogen and oxygen atoms in total. The van der Waals surface area contributed by atoms with Crippen LogP contribution in [0.5, 0.6) is 0 Å². The van der Waals surface area contributed by atoms with E-state index in [0.717, 1.165) is 0 Å². The van der Waals surface area contributed by atoms with Crippen LogP contribution in [0.25, 0.3) is 0 Å². The van der Waals surface area contributed by atoms with Crippen molar-refractivity contribution in [2.24, 2.45) is 10.7 Å². The van der Waals surface area contributed by atoms with Crippen molar-refractivity contribution in [3.8, 4) is 0 Å². The first-order chi connectivity index (χ1) is 7.09. The van der Waals surface area contributed by atoms with Crippen molar-refractivity contribution in [2.45, 2.75) is 0 Å². The molecular weight excluding hydrogens is 237 g/mol. The predicted octanol–water partition coefficient (Wildman–Crippen LogP) is 1.65. The summed E-state index contributed by atoms with van der Waals surface area (Å²) in [6.45, 7) is 0.0755. The van der Waals surface area contributed by atoms with Gasteiger partial charge < -0.3 is 5.73 Å². The van der Waals surface area contributed by atoms with Gasteiger partial charge in [-0.3, -0.25) is 4.79 Å². The first-order valence-corrected chi connectivity index (χ1v) is 4.93. The van der Waals surface area contributed by atoms with Gasteiger partial charge in [-0.1, -0.05) is 23.2 Å². The second kappa shape index (κ2) is 3.72. The Labute approximate surface area is 96.3 Å². The van der Waals surface area contributed by atoms with E-state index in [-0.39, 0.29) is 18.4 Å². The third-order valence-corrected chi connectivity index (χ3v) is 2.76. The summed E-state index contributed by atoms with van der Waals surface area (Å²) in [6, 6.07) is 4.85. The third kappa shape index (κ3) is 1.78. The summed E-state index contributed by atoms with van der Waals surface area (Å²) in [6.07, 6.45) is 0. The third-order valence-electron chi connectivity index (χ3n) is 2.02. The highest BCUT2D eigenvalue weighted by molar-refractivity contribution is 6.42. The normalized spacial score (nSPS) is 15.7. The molecule has 0 fully saturated rings. The number of aliphatic imine (C=N–C) groups is 1. The summed E-state index contributed by atoms with van der Waals surface area (Å²) in [5, 5.41) is 0.809. The molecule has 0 spiro atoms. The Morgan fingerprint density at radius 3 is 2.60 bits per heavy atom. The number of nitrogens with two attached hydrogens (primary N) is 1. The Kier molecular flexibility index (Phi) is 2.54. The van der Waals surface area contributed by atoms with E-state index in [1.807, 2.05) is 0 Å². The fourth-order valence-electron chi connectivity index (χ4n) is 1.32. The maximum atomic E-state index is 11.4. The van der Waals surface area contributed by atoms with Crippen molar-refractivity contribution in [3.63, 3.8) is 0 Å². The van der Waals surface area contributed by atoms with E-state index in [1.165, 1.54) is 4.90 Å². The van der Waals surface area contributed by atoms with Gasteiger partial charge in [0.25, 0.3) is 5.91 Å². The van der Waals surface area contributed by atoms with Crippen LogP contribution in [0.2, 0.25) is 10.0 Å². The molecule has 0 aromatic heterocycles. The molecule has 2 rings (SSSR count). The molecule has 15 heavy (non-hydrogen) atoms. The van der Waals surface area contributed by atoms with Gasteiger partial charge in [0.1, 0.15) is 6.54 Å². The number of guanidine groups is 1. The number of amides is 1. The van der Waals surface area contributed by atoms with Crippen LogP contribution in [0.15, 0.2) is 23.2 Å². The molecular formula is C9H7Cl2N3O. The molecule has 0 unspecified atom stereocenters. The minimum absolute atomic E-state index is 0.0755. The summed E-state index contributed by atoms with van der Waals surface area (Å²) in [4.78, 5) is 16.6. The number of benzene rings is 1. The van der Waals surface area contributed by atoms with Gasteiger partial charge in [0.05, 0.1) is 15.7 Å². The molecule has 0 aliphatic carbocycles. The molecule has 0 saturated carbocycles. The molecule has 1 heterocycles. The van der Waals surface area contributed by atoms with Gasteiger partial charge >= 0.3 is 0 Å². The van der Waals surface area contributed by atoms with Crippen molar-refractivity contribution in [3.05, 3.63) is 28.2 Å². The highest BCUT2D eigenvalue weighted by atomic mass is 35.5. The Hall–Kier alpha value is -1.26. The summed E-state index contributed by atoms with van der Waals surface area (Å²) >= 11 is 11.6. The fraction of sp³-hybridized carbons (Fsp3) is 0.111. The molecule has 1 aliphatic rings. The molecule has 0 radical (unpaired) electrons. The number of nitrogens with zero attached hydrogens (tertiary/aromatic N) is 2. The van der Waals surface area contributed by atoms with Gasteiger partial charge in [-0.2, -0.15) is 0 Å². The summed E-state index contributed by atoms with van der Waals surface area (Å²) < 4.78 is 0. The van der Waals surface area contributed by atoms with Crippen molar-refractivity contribution in [2.75, 3.05) is 11.4 Å². The van der Waals surface area contributed by atoms with Crippen LogP contribution >= 0.6 is 23.2 Å². The predicted molar refractivity (Wildman–Crippen MR) is 60.4 cm³/mol. The molecule has 0 bridgehead atoms. The number of anilines is 1. The van der Waals surface area contributed by atoms with Gasteiger partial charge in [0, 0.05) is 0 Å². The number of hydrogen-bond donors (Lipinski definition) is 1. The van der Waals surface area contributed by atoms with Gasteiger partial charge in [-0.15, -0.1) is 0 Å². The molecule has 2 N–H and O–H groups in total. The first-order valence-electron chi connectivity index (χ1n) is 4.17. The second-order valence-corrected chi connectivity index (χ2v) is 3.82. The molecule has 0 atom stereocenters. The second-order valence-electron chi connectivity index (χ2n) is 3.00. The summed E-state index contributed by atoms with van der Waals surface area (Å²) in [5.41, 5.74) is 6.15. The van der Waals surface area contributed by atoms with Crippen molar-refractivity contribution in [1.29, 1.82) is 0 Å². The lowest BCUT2D eigenvalue weighted by atomic mass is 10.3. The van der Waals surface area contributed by atoms with E-state index in [1.54, 1.807) is 18.2 Å². The summed E-state index contributed by atoms with van der Waals surface area (Å²) in [7, 11) is 0. The minimum Gasteiger partial charge on any atom is -0.369 e. The van der Waals surface area contributed by atoms with Crippen molar-refractivity contribution >= 4 is 40.8 Å². The largest absolute Gasteiger partial charge is 0.369 e. The van der Waals surface area contributed by atoms with E-state index >= 15 is 0 Å². The van der Waals surface area contributed by atoms with E-state index in [0.29, 0.717) is 15.7 Å². The number of halogens is 2. The van der Waals surface area contributed by atoms with Gasteiger partial charge in [0.15, 0.2) is 0 Å². The minimum atomic E-state index is -0.175. The fourth-order valence-corrected chi connectivity index (χ4v) is 1.61. The van der Waals surface area contributed by atoms with Crippen LogP contribution in [0.1, 0.15) is 0 Å². The zero-order valence-corrected chi connectivity index (χ0v) is 9.09. The maximum Gasteiger partial charge on any atom is 0.255 e. The smallest absolute Gasteiger partial charge is 0.255 e. The van der Waals surface area contributed by atoms with Gasteiger partial charge in [-0.05, 0) is 18.2 Å². The average molecular weight is 244 g/mol. The van der Waals surface area contributed by atoms with Crippen LogP contribution in [0.4, 0.5) is 5.69 Å².